The summed E-state index contributed by atoms with van der Waals surface area (Å²) >= 11 is 0. The van der Waals surface area contributed by atoms with Gasteiger partial charge in [0.1, 0.15) is 13.2 Å². The lowest BCUT2D eigenvalue weighted by atomic mass is 10.0. The molecule has 0 saturated carbocycles. The van der Waals surface area contributed by atoms with E-state index in [1.54, 1.807) is 0 Å². The number of fused-ring (bicyclic) bond motifs is 1. The lowest BCUT2D eigenvalue weighted by molar-refractivity contribution is -0.137. The van der Waals surface area contributed by atoms with Gasteiger partial charge in [-0.15, -0.1) is 0 Å². The summed E-state index contributed by atoms with van der Waals surface area (Å²) < 4.78 is 24.2. The molecule has 7 heteroatoms. The lowest BCUT2D eigenvalue weighted by Gasteiger charge is -2.22. The van der Waals surface area contributed by atoms with Gasteiger partial charge in [0.05, 0.1) is 0 Å². The van der Waals surface area contributed by atoms with Crippen LogP contribution in [0.15, 0.2) is 6.07 Å². The molecule has 4 N–H and O–H groups in total. The Balaban J connectivity index is 2.30. The van der Waals surface area contributed by atoms with Gasteiger partial charge in [-0.05, 0) is 12.5 Å². The van der Waals surface area contributed by atoms with Gasteiger partial charge in [0.25, 0.3) is 0 Å². The second-order valence-corrected chi connectivity index (χ2v) is 4.19. The molecule has 1 aliphatic rings. The normalized spacial score (nSPS) is 15.1. The number of carboxylic acid groups (broad SMARTS) is 1. The number of phenols is 1. The first kappa shape index (κ1) is 13.4. The van der Waals surface area contributed by atoms with Crippen molar-refractivity contribution >= 4 is 5.97 Å². The van der Waals surface area contributed by atoms with Crippen molar-refractivity contribution in [2.45, 2.75) is 18.9 Å². The van der Waals surface area contributed by atoms with E-state index in [0.717, 1.165) is 0 Å². The van der Waals surface area contributed by atoms with Gasteiger partial charge in [0.15, 0.2) is 11.5 Å². The first-order chi connectivity index (χ1) is 9.00. The van der Waals surface area contributed by atoms with Crippen LogP contribution in [-0.4, -0.2) is 29.4 Å². The van der Waals surface area contributed by atoms with Crippen molar-refractivity contribution in [2.24, 2.45) is 5.73 Å². The summed E-state index contributed by atoms with van der Waals surface area (Å²) in [5.74, 6) is -2.53. The van der Waals surface area contributed by atoms with Crippen LogP contribution in [0.3, 0.4) is 0 Å². The summed E-state index contributed by atoms with van der Waals surface area (Å²) in [6.07, 6.45) is -0.0847. The topological polar surface area (TPSA) is 102 Å². The highest BCUT2D eigenvalue weighted by Gasteiger charge is 2.25. The van der Waals surface area contributed by atoms with E-state index in [2.05, 4.69) is 0 Å². The Morgan fingerprint density at radius 1 is 1.47 bits per heavy atom. The molecule has 1 aromatic rings. The molecule has 6 nitrogen and oxygen atoms in total. The summed E-state index contributed by atoms with van der Waals surface area (Å²) in [5.41, 5.74) is 5.87. The summed E-state index contributed by atoms with van der Waals surface area (Å²) in [5, 5.41) is 18.3. The standard InChI is InChI=1S/C12H14FNO5/c13-10-11(17)6(7(14)1-2-9(15)16)5-8-12(10)19-4-3-18-8/h5,7,17H,1-4,14H2,(H,15,16). The molecular formula is C12H14FNO5. The summed E-state index contributed by atoms with van der Waals surface area (Å²) in [7, 11) is 0. The molecule has 19 heavy (non-hydrogen) atoms. The largest absolute Gasteiger partial charge is 0.504 e. The minimum absolute atomic E-state index is 0.0853. The van der Waals surface area contributed by atoms with Crippen LogP contribution in [0.4, 0.5) is 4.39 Å². The lowest BCUT2D eigenvalue weighted by Crippen LogP contribution is -2.18. The van der Waals surface area contributed by atoms with Crippen molar-refractivity contribution in [2.75, 3.05) is 13.2 Å². The molecule has 0 aromatic heterocycles. The zero-order chi connectivity index (χ0) is 14.0. The number of carboxylic acids is 1. The molecule has 0 radical (unpaired) electrons. The van der Waals surface area contributed by atoms with Gasteiger partial charge in [-0.25, -0.2) is 0 Å². The van der Waals surface area contributed by atoms with Crippen molar-refractivity contribution < 1.29 is 28.9 Å². The van der Waals surface area contributed by atoms with E-state index < -0.39 is 23.6 Å². The first-order valence-corrected chi connectivity index (χ1v) is 5.79. The maximum Gasteiger partial charge on any atom is 0.303 e. The highest BCUT2D eigenvalue weighted by Crippen LogP contribution is 2.42. The monoisotopic (exact) mass is 271 g/mol. The number of nitrogens with two attached hydrogens (primary N) is 1. The third-order valence-corrected chi connectivity index (χ3v) is 2.85. The quantitative estimate of drug-likeness (QED) is 0.759. The number of hydrogen-bond donors (Lipinski definition) is 3. The SMILES string of the molecule is NC(CCC(=O)O)c1cc2c(c(F)c1O)OCCO2. The number of benzene rings is 1. The van der Waals surface area contributed by atoms with Crippen LogP contribution in [0, 0.1) is 5.82 Å². The molecule has 2 rings (SSSR count). The Morgan fingerprint density at radius 3 is 2.84 bits per heavy atom. The molecule has 0 fully saturated rings. The van der Waals surface area contributed by atoms with Gasteiger partial charge in [-0.1, -0.05) is 0 Å². The van der Waals surface area contributed by atoms with Crippen molar-refractivity contribution in [1.82, 2.24) is 0 Å². The Kier molecular flexibility index (Phi) is 3.75. The van der Waals surface area contributed by atoms with Crippen molar-refractivity contribution in [3.05, 3.63) is 17.4 Å². The van der Waals surface area contributed by atoms with Crippen LogP contribution >= 0.6 is 0 Å². The predicted molar refractivity (Wildman–Crippen MR) is 62.9 cm³/mol. The number of aliphatic carboxylic acids is 1. The van der Waals surface area contributed by atoms with E-state index in [9.17, 15) is 14.3 Å². The summed E-state index contributed by atoms with van der Waals surface area (Å²) in [6, 6.07) is 0.598. The fourth-order valence-corrected chi connectivity index (χ4v) is 1.87. The third-order valence-electron chi connectivity index (χ3n) is 2.85. The molecular weight excluding hydrogens is 257 g/mol. The minimum Gasteiger partial charge on any atom is -0.504 e. The van der Waals surface area contributed by atoms with E-state index in [-0.39, 0.29) is 43.1 Å². The number of hydrogen-bond acceptors (Lipinski definition) is 5. The van der Waals surface area contributed by atoms with Gasteiger partial charge in [-0.3, -0.25) is 4.79 Å². The number of halogens is 1. The van der Waals surface area contributed by atoms with Gasteiger partial charge >= 0.3 is 5.97 Å². The average molecular weight is 271 g/mol. The van der Waals surface area contributed by atoms with E-state index in [0.29, 0.717) is 0 Å². The molecule has 1 unspecified atom stereocenters. The zero-order valence-electron chi connectivity index (χ0n) is 10.1. The highest BCUT2D eigenvalue weighted by atomic mass is 19.1. The second-order valence-electron chi connectivity index (χ2n) is 4.19. The second kappa shape index (κ2) is 5.31. The molecule has 0 saturated heterocycles. The maximum atomic E-state index is 13.9. The minimum atomic E-state index is -1.01. The van der Waals surface area contributed by atoms with Crippen LogP contribution in [0.1, 0.15) is 24.4 Å². The van der Waals surface area contributed by atoms with Crippen LogP contribution in [0.2, 0.25) is 0 Å². The van der Waals surface area contributed by atoms with Crippen LogP contribution in [0.5, 0.6) is 17.2 Å². The fourth-order valence-electron chi connectivity index (χ4n) is 1.87. The first-order valence-electron chi connectivity index (χ1n) is 5.79. The van der Waals surface area contributed by atoms with Gasteiger partial charge in [0, 0.05) is 18.0 Å². The summed E-state index contributed by atoms with van der Waals surface area (Å²) in [4.78, 5) is 10.5. The molecule has 0 bridgehead atoms. The van der Waals surface area contributed by atoms with Gasteiger partial charge in [-0.2, -0.15) is 4.39 Å². The van der Waals surface area contributed by atoms with Crippen LogP contribution in [0.25, 0.3) is 0 Å². The Labute approximate surface area is 108 Å². The number of rotatable bonds is 4. The Bertz CT molecular complexity index is 505. The molecule has 0 amide bonds. The van der Waals surface area contributed by atoms with E-state index >= 15 is 0 Å². The Morgan fingerprint density at radius 2 is 2.16 bits per heavy atom. The van der Waals surface area contributed by atoms with E-state index in [1.807, 2.05) is 0 Å². The third kappa shape index (κ3) is 2.70. The molecule has 1 atom stereocenters. The number of carbonyl (C=O) groups is 1. The molecule has 1 heterocycles. The molecule has 1 aromatic carbocycles. The van der Waals surface area contributed by atoms with Crippen molar-refractivity contribution in [1.29, 1.82) is 0 Å². The predicted octanol–water partition coefficient (Wildman–Crippen LogP) is 1.17. The maximum absolute atomic E-state index is 13.9. The highest BCUT2D eigenvalue weighted by molar-refractivity contribution is 5.66. The van der Waals surface area contributed by atoms with Crippen molar-refractivity contribution in [3.63, 3.8) is 0 Å². The number of phenolic OH excluding ortho intramolecular Hbond substituents is 1. The molecule has 1 aliphatic heterocycles. The van der Waals surface area contributed by atoms with Crippen molar-refractivity contribution in [3.8, 4) is 17.2 Å². The van der Waals surface area contributed by atoms with Gasteiger partial charge < -0.3 is 25.4 Å². The smallest absolute Gasteiger partial charge is 0.303 e. The zero-order valence-corrected chi connectivity index (χ0v) is 10.1. The van der Waals surface area contributed by atoms with Crippen LogP contribution < -0.4 is 15.2 Å². The van der Waals surface area contributed by atoms with E-state index in [1.165, 1.54) is 6.07 Å². The molecule has 104 valence electrons. The van der Waals surface area contributed by atoms with E-state index in [4.69, 9.17) is 20.3 Å². The molecule has 0 aliphatic carbocycles. The average Bonchev–Trinajstić information content (AvgIpc) is 2.40. The molecule has 0 spiro atoms. The Hall–Kier alpha value is -2.02. The van der Waals surface area contributed by atoms with Gasteiger partial charge in [0.2, 0.25) is 11.6 Å². The fraction of sp³-hybridized carbons (Fsp3) is 0.417. The van der Waals surface area contributed by atoms with Crippen LogP contribution in [-0.2, 0) is 4.79 Å². The number of aromatic hydroxyl groups is 1. The number of ether oxygens (including phenoxy) is 2. The summed E-state index contributed by atoms with van der Waals surface area (Å²) in [6.45, 7) is 0.481.